The average molecular weight is 301 g/mol. The maximum atomic E-state index is 10.4. The van der Waals surface area contributed by atoms with E-state index in [0.29, 0.717) is 4.47 Å². The molecule has 0 saturated heterocycles. The Labute approximate surface area is 100 Å². The smallest absolute Gasteiger partial charge is 0.258 e. The Balaban J connectivity index is 0.000000791. The van der Waals surface area contributed by atoms with Crippen LogP contribution in [0.1, 0.15) is 13.8 Å². The van der Waals surface area contributed by atoms with Gasteiger partial charge in [-0.25, -0.2) is 0 Å². The molecule has 1 aromatic carbocycles. The van der Waals surface area contributed by atoms with Crippen LogP contribution in [0.3, 0.4) is 0 Å². The van der Waals surface area contributed by atoms with E-state index in [1.54, 1.807) is 0 Å². The van der Waals surface area contributed by atoms with Crippen LogP contribution >= 0.6 is 39.1 Å². The van der Waals surface area contributed by atoms with Gasteiger partial charge in [-0.15, -0.1) is 0 Å². The molecule has 0 aliphatic rings. The molecule has 0 atom stereocenters. The lowest BCUT2D eigenvalue weighted by Gasteiger charge is -1.97. The van der Waals surface area contributed by atoms with Crippen LogP contribution in [0.15, 0.2) is 16.6 Å². The van der Waals surface area contributed by atoms with Crippen molar-refractivity contribution in [3.8, 4) is 0 Å². The van der Waals surface area contributed by atoms with E-state index in [1.165, 1.54) is 12.1 Å². The van der Waals surface area contributed by atoms with Gasteiger partial charge in [0, 0.05) is 10.5 Å². The third-order valence-electron chi connectivity index (χ3n) is 1.17. The second kappa shape index (κ2) is 6.22. The Morgan fingerprint density at radius 1 is 1.36 bits per heavy atom. The molecule has 0 spiro atoms. The number of nitro groups is 1. The molecule has 0 heterocycles. The molecule has 1 rings (SSSR count). The molecular weight excluding hydrogens is 293 g/mol. The summed E-state index contributed by atoms with van der Waals surface area (Å²) in [7, 11) is 0. The summed E-state index contributed by atoms with van der Waals surface area (Å²) in [5.74, 6) is 0. The van der Waals surface area contributed by atoms with Crippen molar-refractivity contribution in [3.63, 3.8) is 0 Å². The minimum Gasteiger partial charge on any atom is -0.258 e. The molecule has 78 valence electrons. The van der Waals surface area contributed by atoms with E-state index in [9.17, 15) is 10.1 Å². The van der Waals surface area contributed by atoms with Gasteiger partial charge in [0.15, 0.2) is 0 Å². The van der Waals surface area contributed by atoms with E-state index >= 15 is 0 Å². The highest BCUT2D eigenvalue weighted by Gasteiger charge is 2.15. The maximum Gasteiger partial charge on any atom is 0.290 e. The average Bonchev–Trinajstić information content (AvgIpc) is 2.14. The van der Waals surface area contributed by atoms with Gasteiger partial charge < -0.3 is 0 Å². The second-order valence-corrected chi connectivity index (χ2v) is 3.68. The molecule has 0 radical (unpaired) electrons. The van der Waals surface area contributed by atoms with Crippen molar-refractivity contribution in [2.45, 2.75) is 13.8 Å². The largest absolute Gasteiger partial charge is 0.290 e. The van der Waals surface area contributed by atoms with E-state index < -0.39 is 4.92 Å². The normalized spacial score (nSPS) is 8.93. The van der Waals surface area contributed by atoms with Crippen molar-refractivity contribution in [2.75, 3.05) is 0 Å². The van der Waals surface area contributed by atoms with Crippen molar-refractivity contribution in [3.05, 3.63) is 36.8 Å². The zero-order chi connectivity index (χ0) is 11.3. The lowest BCUT2D eigenvalue weighted by atomic mass is 10.3. The number of hydrogen-bond donors (Lipinski definition) is 0. The fraction of sp³-hybridized carbons (Fsp3) is 0.250. The number of nitrogens with zero attached hydrogens (tertiary/aromatic N) is 1. The van der Waals surface area contributed by atoms with Crippen molar-refractivity contribution in [1.29, 1.82) is 0 Å². The van der Waals surface area contributed by atoms with Crippen LogP contribution in [0.4, 0.5) is 5.69 Å². The first-order chi connectivity index (χ1) is 6.52. The number of halogens is 3. The molecule has 0 bridgehead atoms. The first-order valence-electron chi connectivity index (χ1n) is 3.81. The molecule has 3 nitrogen and oxygen atoms in total. The quantitative estimate of drug-likeness (QED) is 0.429. The summed E-state index contributed by atoms with van der Waals surface area (Å²) in [6.45, 7) is 4.00. The molecular formula is C8H8BrCl2NO2. The summed E-state index contributed by atoms with van der Waals surface area (Å²) in [4.78, 5) is 9.78. The molecule has 14 heavy (non-hydrogen) atoms. The Morgan fingerprint density at radius 2 is 1.86 bits per heavy atom. The van der Waals surface area contributed by atoms with Gasteiger partial charge in [-0.05, 0) is 6.07 Å². The number of benzene rings is 1. The monoisotopic (exact) mass is 299 g/mol. The lowest BCUT2D eigenvalue weighted by molar-refractivity contribution is -0.384. The van der Waals surface area contributed by atoms with Crippen LogP contribution in [0.25, 0.3) is 0 Å². The van der Waals surface area contributed by atoms with Gasteiger partial charge in [0.1, 0.15) is 5.02 Å². The highest BCUT2D eigenvalue weighted by atomic mass is 79.9. The van der Waals surface area contributed by atoms with Gasteiger partial charge >= 0.3 is 0 Å². The Morgan fingerprint density at radius 3 is 2.29 bits per heavy atom. The van der Waals surface area contributed by atoms with Gasteiger partial charge in [0.05, 0.1) is 9.95 Å². The number of hydrogen-bond acceptors (Lipinski definition) is 2. The topological polar surface area (TPSA) is 43.1 Å². The molecule has 0 aliphatic heterocycles. The third kappa shape index (κ3) is 3.44. The van der Waals surface area contributed by atoms with Crippen LogP contribution in [-0.2, 0) is 0 Å². The first kappa shape index (κ1) is 13.7. The summed E-state index contributed by atoms with van der Waals surface area (Å²) in [6, 6.07) is 2.80. The molecule has 0 fully saturated rings. The molecule has 0 N–H and O–H groups in total. The first-order valence-corrected chi connectivity index (χ1v) is 5.36. The van der Waals surface area contributed by atoms with Crippen LogP contribution < -0.4 is 0 Å². The number of rotatable bonds is 1. The van der Waals surface area contributed by atoms with Crippen molar-refractivity contribution < 1.29 is 4.92 Å². The van der Waals surface area contributed by atoms with Crippen molar-refractivity contribution in [1.82, 2.24) is 0 Å². The standard InChI is InChI=1S/C6H2BrCl2NO2.C2H6/c7-3-1-4(8)6(9)5(2-3)10(11)12;1-2/h1-2H;1-2H3. The van der Waals surface area contributed by atoms with Crippen LogP contribution in [-0.4, -0.2) is 4.92 Å². The van der Waals surface area contributed by atoms with Crippen molar-refractivity contribution >= 4 is 44.8 Å². The summed E-state index contributed by atoms with van der Waals surface area (Å²) in [5.41, 5.74) is -0.198. The molecule has 0 unspecified atom stereocenters. The van der Waals surface area contributed by atoms with Crippen LogP contribution in [0, 0.1) is 10.1 Å². The minimum absolute atomic E-state index is 0.0372. The number of nitro benzene ring substituents is 1. The fourth-order valence-electron chi connectivity index (χ4n) is 0.675. The maximum absolute atomic E-state index is 10.4. The van der Waals surface area contributed by atoms with E-state index in [1.807, 2.05) is 13.8 Å². The zero-order valence-corrected chi connectivity index (χ0v) is 10.7. The van der Waals surface area contributed by atoms with E-state index in [4.69, 9.17) is 23.2 Å². The predicted octanol–water partition coefficient (Wildman–Crippen LogP) is 4.69. The summed E-state index contributed by atoms with van der Waals surface area (Å²) < 4.78 is 0.531. The summed E-state index contributed by atoms with van der Waals surface area (Å²) in [6.07, 6.45) is 0. The van der Waals surface area contributed by atoms with E-state index in [-0.39, 0.29) is 15.7 Å². The van der Waals surface area contributed by atoms with Gasteiger partial charge in [-0.1, -0.05) is 53.0 Å². The Bertz CT molecular complexity index is 344. The Kier molecular flexibility index (Phi) is 6.08. The van der Waals surface area contributed by atoms with E-state index in [2.05, 4.69) is 15.9 Å². The fourth-order valence-corrected chi connectivity index (χ4v) is 1.65. The summed E-state index contributed by atoms with van der Waals surface area (Å²) >= 11 is 14.2. The molecule has 0 aromatic heterocycles. The lowest BCUT2D eigenvalue weighted by Crippen LogP contribution is -1.89. The minimum atomic E-state index is -0.584. The van der Waals surface area contributed by atoms with Crippen LogP contribution in [0.2, 0.25) is 10.0 Å². The van der Waals surface area contributed by atoms with E-state index in [0.717, 1.165) is 0 Å². The molecule has 0 amide bonds. The Hall–Kier alpha value is -0.320. The third-order valence-corrected chi connectivity index (χ3v) is 2.42. The van der Waals surface area contributed by atoms with Gasteiger partial charge in [0.2, 0.25) is 0 Å². The zero-order valence-electron chi connectivity index (χ0n) is 7.55. The SMILES string of the molecule is CC.O=[N+]([O-])c1cc(Br)cc(Cl)c1Cl. The molecule has 1 aromatic rings. The summed E-state index contributed by atoms with van der Waals surface area (Å²) in [5, 5.41) is 10.5. The van der Waals surface area contributed by atoms with Crippen molar-refractivity contribution in [2.24, 2.45) is 0 Å². The molecule has 6 heteroatoms. The molecule has 0 saturated carbocycles. The van der Waals surface area contributed by atoms with Gasteiger partial charge in [-0.3, -0.25) is 10.1 Å². The highest BCUT2D eigenvalue weighted by molar-refractivity contribution is 9.10. The van der Waals surface area contributed by atoms with Gasteiger partial charge in [0.25, 0.3) is 5.69 Å². The van der Waals surface area contributed by atoms with Crippen LogP contribution in [0.5, 0.6) is 0 Å². The highest BCUT2D eigenvalue weighted by Crippen LogP contribution is 2.34. The predicted molar refractivity (Wildman–Crippen MR) is 62.2 cm³/mol. The molecule has 0 aliphatic carbocycles. The van der Waals surface area contributed by atoms with Gasteiger partial charge in [-0.2, -0.15) is 0 Å². The second-order valence-electron chi connectivity index (χ2n) is 1.98.